The van der Waals surface area contributed by atoms with Gasteiger partial charge in [-0.1, -0.05) is 58.3 Å². The smallest absolute Gasteiger partial charge is 0.200 e. The molecule has 0 aromatic rings. The lowest BCUT2D eigenvalue weighted by Gasteiger charge is -2.46. The van der Waals surface area contributed by atoms with Crippen LogP contribution in [-0.2, 0) is 0 Å². The molecule has 0 atom stereocenters. The SMILES string of the molecule is CCCCCCCCCCCC(F)(F)C(F)(F)C(F)(F)C(F)(F)C(F)(F)C(F)(F)C(F)(F)C(F)(F)C(F)(F)C(F)(F)C(F)(F)C(F)(F)C(F)(F)C(F)(F)C(F)(F)F. The van der Waals surface area contributed by atoms with E-state index >= 15 is 0 Å². The maximum Gasteiger partial charge on any atom is 0.460 e. The zero-order valence-corrected chi connectivity index (χ0v) is 27.3. The van der Waals surface area contributed by atoms with Crippen molar-refractivity contribution in [3.8, 4) is 0 Å². The van der Waals surface area contributed by atoms with Crippen molar-refractivity contribution >= 4 is 0 Å². The van der Waals surface area contributed by atoms with Crippen LogP contribution < -0.4 is 0 Å². The standard InChI is InChI=1S/C26H23F31/c1-2-3-4-5-6-7-8-9-10-11-12(27,28)13(29,30)14(31,32)15(33,34)16(35,36)17(37,38)18(39,40)19(41,42)20(43,44)21(45,46)22(47,48)23(49,50)24(51,52)25(53,54)26(55,56)57/h2-11H2,1H3. The van der Waals surface area contributed by atoms with E-state index in [-0.39, 0.29) is 12.8 Å². The molecule has 0 aliphatic carbocycles. The Morgan fingerprint density at radius 1 is 0.211 bits per heavy atom. The zero-order valence-electron chi connectivity index (χ0n) is 27.3. The maximum absolute atomic E-state index is 14.1. The number of hydrogen-bond donors (Lipinski definition) is 0. The molecular formula is C26H23F31. The molecule has 0 nitrogen and oxygen atoms in total. The van der Waals surface area contributed by atoms with Crippen LogP contribution in [0.25, 0.3) is 0 Å². The predicted octanol–water partition coefficient (Wildman–Crippen LogP) is 14.4. The van der Waals surface area contributed by atoms with Crippen molar-refractivity contribution in [3.63, 3.8) is 0 Å². The van der Waals surface area contributed by atoms with Crippen molar-refractivity contribution in [2.75, 3.05) is 0 Å². The average molecular weight is 924 g/mol. The van der Waals surface area contributed by atoms with E-state index in [1.54, 1.807) is 6.92 Å². The lowest BCUT2D eigenvalue weighted by molar-refractivity contribution is -0.489. The molecule has 57 heavy (non-hydrogen) atoms. The lowest BCUT2D eigenvalue weighted by atomic mass is 9.83. The summed E-state index contributed by atoms with van der Waals surface area (Å²) in [4.78, 5) is 0. The molecule has 0 spiro atoms. The van der Waals surface area contributed by atoms with Gasteiger partial charge in [-0.25, -0.2) is 0 Å². The maximum atomic E-state index is 14.1. The van der Waals surface area contributed by atoms with Crippen molar-refractivity contribution in [2.45, 2.75) is 160 Å². The fourth-order valence-electron chi connectivity index (χ4n) is 4.39. The molecule has 0 rings (SSSR count). The van der Waals surface area contributed by atoms with Gasteiger partial charge in [-0.15, -0.1) is 0 Å². The minimum Gasteiger partial charge on any atom is -0.200 e. The minimum atomic E-state index is -10.1. The van der Waals surface area contributed by atoms with Crippen LogP contribution in [0.4, 0.5) is 136 Å². The molecule has 0 amide bonds. The van der Waals surface area contributed by atoms with Crippen LogP contribution in [0.3, 0.4) is 0 Å². The Balaban J connectivity index is 7.06. The third-order valence-corrected chi connectivity index (χ3v) is 8.14. The Kier molecular flexibility index (Phi) is 15.1. The lowest BCUT2D eigenvalue weighted by Crippen LogP contribution is -2.79. The largest absolute Gasteiger partial charge is 0.460 e. The van der Waals surface area contributed by atoms with Crippen molar-refractivity contribution in [1.29, 1.82) is 0 Å². The van der Waals surface area contributed by atoms with Gasteiger partial charge in [0.25, 0.3) is 0 Å². The quantitative estimate of drug-likeness (QED) is 0.0708. The summed E-state index contributed by atoms with van der Waals surface area (Å²) >= 11 is 0. The molecule has 0 radical (unpaired) electrons. The van der Waals surface area contributed by atoms with Crippen LogP contribution in [0.15, 0.2) is 0 Å². The highest BCUT2D eigenvalue weighted by atomic mass is 19.4. The van der Waals surface area contributed by atoms with E-state index in [4.69, 9.17) is 0 Å². The van der Waals surface area contributed by atoms with Crippen LogP contribution in [0.1, 0.15) is 71.1 Å². The molecule has 0 aliphatic heterocycles. The van der Waals surface area contributed by atoms with Crippen molar-refractivity contribution < 1.29 is 136 Å². The normalized spacial score (nSPS) is 16.4. The highest BCUT2D eigenvalue weighted by molar-refractivity contribution is 5.21. The molecule has 0 unspecified atom stereocenters. The van der Waals surface area contributed by atoms with E-state index in [0.717, 1.165) is 12.8 Å². The molecule has 0 aromatic carbocycles. The molecule has 0 N–H and O–H groups in total. The van der Waals surface area contributed by atoms with Gasteiger partial charge in [-0.05, 0) is 6.42 Å². The van der Waals surface area contributed by atoms with Gasteiger partial charge in [0, 0.05) is 6.42 Å². The van der Waals surface area contributed by atoms with E-state index in [1.807, 2.05) is 0 Å². The van der Waals surface area contributed by atoms with Gasteiger partial charge in [0.2, 0.25) is 0 Å². The molecule has 0 heterocycles. The second kappa shape index (κ2) is 15.7. The molecule has 0 aliphatic rings. The minimum absolute atomic E-state index is 0.117. The fraction of sp³-hybridized carbons (Fsp3) is 1.00. The summed E-state index contributed by atoms with van der Waals surface area (Å²) in [6.45, 7) is 1.78. The van der Waals surface area contributed by atoms with Gasteiger partial charge in [0.1, 0.15) is 0 Å². The first kappa shape index (κ1) is 54.8. The van der Waals surface area contributed by atoms with Crippen molar-refractivity contribution in [2.24, 2.45) is 0 Å². The van der Waals surface area contributed by atoms with E-state index in [2.05, 4.69) is 0 Å². The van der Waals surface area contributed by atoms with Gasteiger partial charge in [-0.2, -0.15) is 136 Å². The molecular weight excluding hydrogens is 901 g/mol. The fourth-order valence-corrected chi connectivity index (χ4v) is 4.39. The van der Waals surface area contributed by atoms with Gasteiger partial charge < -0.3 is 0 Å². The zero-order chi connectivity index (χ0) is 46.6. The summed E-state index contributed by atoms with van der Waals surface area (Å²) in [5.41, 5.74) is 0. The van der Waals surface area contributed by atoms with E-state index in [9.17, 15) is 136 Å². The summed E-state index contributed by atoms with van der Waals surface area (Å²) < 4.78 is 423. The number of halogens is 31. The first-order chi connectivity index (χ1) is 24.6. The molecule has 0 saturated heterocycles. The molecule has 344 valence electrons. The first-order valence-corrected chi connectivity index (χ1v) is 14.9. The van der Waals surface area contributed by atoms with Crippen molar-refractivity contribution in [1.82, 2.24) is 0 Å². The Morgan fingerprint density at radius 2 is 0.386 bits per heavy atom. The Bertz CT molecular complexity index is 1320. The van der Waals surface area contributed by atoms with Crippen LogP contribution in [-0.4, -0.2) is 89.1 Å². The molecule has 0 bridgehead atoms. The summed E-state index contributed by atoms with van der Waals surface area (Å²) in [7, 11) is 0. The second-order valence-corrected chi connectivity index (χ2v) is 12.2. The first-order valence-electron chi connectivity index (χ1n) is 14.9. The Morgan fingerprint density at radius 3 is 0.596 bits per heavy atom. The Hall–Kier alpha value is -2.17. The van der Waals surface area contributed by atoms with Gasteiger partial charge in [0.15, 0.2) is 0 Å². The van der Waals surface area contributed by atoms with Gasteiger partial charge >= 0.3 is 89.1 Å². The van der Waals surface area contributed by atoms with E-state index in [1.165, 1.54) is 0 Å². The third kappa shape index (κ3) is 7.84. The highest BCUT2D eigenvalue weighted by Gasteiger charge is 3.01. The van der Waals surface area contributed by atoms with Crippen molar-refractivity contribution in [3.05, 3.63) is 0 Å². The highest BCUT2D eigenvalue weighted by Crippen LogP contribution is 2.69. The number of rotatable bonds is 23. The number of alkyl halides is 31. The van der Waals surface area contributed by atoms with E-state index in [0.29, 0.717) is 19.3 Å². The van der Waals surface area contributed by atoms with E-state index < -0.39 is 108 Å². The molecule has 0 fully saturated rings. The summed E-state index contributed by atoms with van der Waals surface area (Å²) in [6, 6.07) is 0. The molecule has 31 heteroatoms. The van der Waals surface area contributed by atoms with Crippen LogP contribution in [0.2, 0.25) is 0 Å². The monoisotopic (exact) mass is 924 g/mol. The topological polar surface area (TPSA) is 0 Å². The number of hydrogen-bond acceptors (Lipinski definition) is 0. The van der Waals surface area contributed by atoms with Gasteiger partial charge in [-0.3, -0.25) is 0 Å². The summed E-state index contributed by atoms with van der Waals surface area (Å²) in [5.74, 6) is -131. The van der Waals surface area contributed by atoms with Crippen LogP contribution in [0.5, 0.6) is 0 Å². The summed E-state index contributed by atoms with van der Waals surface area (Å²) in [5, 5.41) is 0. The van der Waals surface area contributed by atoms with Gasteiger partial charge in [0.05, 0.1) is 0 Å². The van der Waals surface area contributed by atoms with Crippen LogP contribution >= 0.6 is 0 Å². The molecule has 0 aromatic heterocycles. The summed E-state index contributed by atoms with van der Waals surface area (Å²) in [6.07, 6.45) is -10.3. The second-order valence-electron chi connectivity index (χ2n) is 12.2. The predicted molar refractivity (Wildman–Crippen MR) is 127 cm³/mol. The average Bonchev–Trinajstić information content (AvgIpc) is 3.02. The Labute approximate surface area is 297 Å². The molecule has 0 saturated carbocycles. The third-order valence-electron chi connectivity index (χ3n) is 8.14. The van der Waals surface area contributed by atoms with Crippen LogP contribution in [0, 0.1) is 0 Å². The number of unbranched alkanes of at least 4 members (excludes halogenated alkanes) is 8.